The number of amides is 1. The predicted molar refractivity (Wildman–Crippen MR) is 76.9 cm³/mol. The van der Waals surface area contributed by atoms with E-state index in [1.54, 1.807) is 29.2 Å². The summed E-state index contributed by atoms with van der Waals surface area (Å²) in [4.78, 5) is 25.1. The number of carboxylic acids is 1. The lowest BCUT2D eigenvalue weighted by Gasteiger charge is -2.32. The second kappa shape index (κ2) is 6.34. The number of benzene rings is 1. The highest BCUT2D eigenvalue weighted by Crippen LogP contribution is 2.35. The van der Waals surface area contributed by atoms with Gasteiger partial charge in [-0.1, -0.05) is 24.3 Å². The molecular formula is C15H18N2O3. The monoisotopic (exact) mass is 274 g/mol. The third kappa shape index (κ3) is 2.88. The number of nitrogens with one attached hydrogen (secondary N) is 1. The molecule has 0 spiro atoms. The van der Waals surface area contributed by atoms with Gasteiger partial charge in [0.05, 0.1) is 12.5 Å². The normalized spacial score (nSPS) is 17.4. The minimum absolute atomic E-state index is 0.0526. The number of hydrogen-bond donors (Lipinski definition) is 2. The number of aliphatic carboxylic acids is 1. The Balaban J connectivity index is 2.20. The van der Waals surface area contributed by atoms with E-state index in [4.69, 9.17) is 0 Å². The number of anilines is 1. The average Bonchev–Trinajstić information content (AvgIpc) is 2.46. The van der Waals surface area contributed by atoms with Crippen LogP contribution in [0.2, 0.25) is 0 Å². The molecule has 1 unspecified atom stereocenters. The smallest absolute Gasteiger partial charge is 0.311 e. The summed E-state index contributed by atoms with van der Waals surface area (Å²) in [5, 5.41) is 12.2. The zero-order valence-electron chi connectivity index (χ0n) is 11.2. The Morgan fingerprint density at radius 3 is 2.90 bits per heavy atom. The fourth-order valence-corrected chi connectivity index (χ4v) is 2.45. The fourth-order valence-electron chi connectivity index (χ4n) is 2.45. The zero-order chi connectivity index (χ0) is 14.5. The van der Waals surface area contributed by atoms with E-state index in [2.05, 4.69) is 11.9 Å². The van der Waals surface area contributed by atoms with Gasteiger partial charge in [0.1, 0.15) is 0 Å². The van der Waals surface area contributed by atoms with Crippen LogP contribution in [0.5, 0.6) is 0 Å². The van der Waals surface area contributed by atoms with E-state index in [0.717, 1.165) is 0 Å². The van der Waals surface area contributed by atoms with Crippen LogP contribution in [-0.2, 0) is 9.59 Å². The van der Waals surface area contributed by atoms with Crippen molar-refractivity contribution in [3.05, 3.63) is 42.5 Å². The van der Waals surface area contributed by atoms with Crippen molar-refractivity contribution >= 4 is 17.6 Å². The molecule has 5 nitrogen and oxygen atoms in total. The minimum atomic E-state index is -0.839. The first-order chi connectivity index (χ1) is 9.65. The lowest BCUT2D eigenvalue weighted by molar-refractivity contribution is -0.139. The Kier molecular flexibility index (Phi) is 4.53. The molecule has 0 saturated carbocycles. The second-order valence-corrected chi connectivity index (χ2v) is 4.70. The van der Waals surface area contributed by atoms with Crippen molar-refractivity contribution in [2.75, 3.05) is 24.5 Å². The Hall–Kier alpha value is -2.14. The van der Waals surface area contributed by atoms with Gasteiger partial charge in [-0.25, -0.2) is 0 Å². The summed E-state index contributed by atoms with van der Waals surface area (Å²) in [6, 6.07) is 7.21. The summed E-state index contributed by atoms with van der Waals surface area (Å²) in [6.07, 6.45) is 2.14. The summed E-state index contributed by atoms with van der Waals surface area (Å²) < 4.78 is 0. The highest BCUT2D eigenvalue weighted by atomic mass is 16.4. The third-order valence-corrected chi connectivity index (χ3v) is 3.41. The molecule has 0 fully saturated rings. The maximum Gasteiger partial charge on any atom is 0.311 e. The number of carboxylic acid groups (broad SMARTS) is 1. The lowest BCUT2D eigenvalue weighted by atomic mass is 9.90. The van der Waals surface area contributed by atoms with E-state index in [1.807, 2.05) is 6.07 Å². The van der Waals surface area contributed by atoms with Crippen LogP contribution in [0.15, 0.2) is 36.9 Å². The van der Waals surface area contributed by atoms with E-state index in [-0.39, 0.29) is 12.5 Å². The van der Waals surface area contributed by atoms with Gasteiger partial charge in [-0.2, -0.15) is 0 Å². The van der Waals surface area contributed by atoms with Crippen LogP contribution in [-0.4, -0.2) is 36.6 Å². The van der Waals surface area contributed by atoms with Crippen molar-refractivity contribution in [1.29, 1.82) is 0 Å². The summed E-state index contributed by atoms with van der Waals surface area (Å²) in [5.41, 5.74) is 1.42. The van der Waals surface area contributed by atoms with Crippen LogP contribution in [0.25, 0.3) is 0 Å². The van der Waals surface area contributed by atoms with E-state index >= 15 is 0 Å². The Labute approximate surface area is 117 Å². The van der Waals surface area contributed by atoms with E-state index in [1.165, 1.54) is 0 Å². The molecule has 1 aliphatic rings. The number of para-hydroxylation sites is 1. The fraction of sp³-hybridized carbons (Fsp3) is 0.333. The van der Waals surface area contributed by atoms with Crippen LogP contribution < -0.4 is 10.2 Å². The molecule has 0 aromatic heterocycles. The van der Waals surface area contributed by atoms with Crippen molar-refractivity contribution in [3.63, 3.8) is 0 Å². The van der Waals surface area contributed by atoms with Crippen LogP contribution in [0.3, 0.4) is 0 Å². The van der Waals surface area contributed by atoms with Gasteiger partial charge in [0.25, 0.3) is 0 Å². The van der Waals surface area contributed by atoms with E-state index in [0.29, 0.717) is 30.8 Å². The molecule has 0 aliphatic carbocycles. The average molecular weight is 274 g/mol. The second-order valence-electron chi connectivity index (χ2n) is 4.70. The lowest BCUT2D eigenvalue weighted by Crippen LogP contribution is -2.42. The molecule has 0 radical (unpaired) electrons. The van der Waals surface area contributed by atoms with Gasteiger partial charge in [0.2, 0.25) is 5.91 Å². The topological polar surface area (TPSA) is 69.6 Å². The van der Waals surface area contributed by atoms with Crippen LogP contribution in [0.1, 0.15) is 17.9 Å². The van der Waals surface area contributed by atoms with Gasteiger partial charge in [-0.15, -0.1) is 6.58 Å². The number of carbonyl (C=O) groups is 2. The maximum absolute atomic E-state index is 12.2. The number of nitrogens with zero attached hydrogens (tertiary/aromatic N) is 1. The quantitative estimate of drug-likeness (QED) is 0.628. The van der Waals surface area contributed by atoms with Crippen molar-refractivity contribution in [1.82, 2.24) is 5.32 Å². The largest absolute Gasteiger partial charge is 0.481 e. The molecule has 5 heteroatoms. The Bertz CT molecular complexity index is 528. The van der Waals surface area contributed by atoms with Crippen molar-refractivity contribution in [3.8, 4) is 0 Å². The van der Waals surface area contributed by atoms with Gasteiger partial charge >= 0.3 is 5.97 Å². The summed E-state index contributed by atoms with van der Waals surface area (Å²) in [6.45, 7) is 4.80. The molecule has 1 aromatic carbocycles. The zero-order valence-corrected chi connectivity index (χ0v) is 11.2. The van der Waals surface area contributed by atoms with Crippen LogP contribution >= 0.6 is 0 Å². The molecular weight excluding hydrogens is 256 g/mol. The van der Waals surface area contributed by atoms with Crippen molar-refractivity contribution in [2.45, 2.75) is 12.3 Å². The summed E-state index contributed by atoms with van der Waals surface area (Å²) >= 11 is 0. The Morgan fingerprint density at radius 2 is 2.20 bits per heavy atom. The number of fused-ring (bicyclic) bond motifs is 1. The third-order valence-electron chi connectivity index (χ3n) is 3.41. The molecule has 2 N–H and O–H groups in total. The molecule has 106 valence electrons. The Morgan fingerprint density at radius 1 is 1.45 bits per heavy atom. The summed E-state index contributed by atoms with van der Waals surface area (Å²) in [5.74, 6) is -1.42. The highest BCUT2D eigenvalue weighted by Gasteiger charge is 2.31. The first-order valence-corrected chi connectivity index (χ1v) is 6.59. The molecule has 0 bridgehead atoms. The molecule has 1 aliphatic heterocycles. The molecule has 1 atom stereocenters. The highest BCUT2D eigenvalue weighted by molar-refractivity contribution is 5.97. The number of carbonyl (C=O) groups excluding carboxylic acids is 1. The molecule has 1 heterocycles. The SMILES string of the molecule is C=CCNCC(=O)N1CCC(C(=O)O)c2ccccc21. The van der Waals surface area contributed by atoms with Crippen LogP contribution in [0, 0.1) is 0 Å². The van der Waals surface area contributed by atoms with Gasteiger partial charge in [0.15, 0.2) is 0 Å². The first-order valence-electron chi connectivity index (χ1n) is 6.59. The van der Waals surface area contributed by atoms with Gasteiger partial charge < -0.3 is 15.3 Å². The molecule has 20 heavy (non-hydrogen) atoms. The predicted octanol–water partition coefficient (Wildman–Crippen LogP) is 1.37. The van der Waals surface area contributed by atoms with Gasteiger partial charge in [0, 0.05) is 18.8 Å². The first kappa shape index (κ1) is 14.3. The van der Waals surface area contributed by atoms with Crippen molar-refractivity contribution < 1.29 is 14.7 Å². The summed E-state index contributed by atoms with van der Waals surface area (Å²) in [7, 11) is 0. The van der Waals surface area contributed by atoms with E-state index < -0.39 is 11.9 Å². The molecule has 1 aromatic rings. The van der Waals surface area contributed by atoms with Crippen molar-refractivity contribution in [2.24, 2.45) is 0 Å². The molecule has 1 amide bonds. The standard InChI is InChI=1S/C15H18N2O3/c1-2-8-16-10-14(18)17-9-7-12(15(19)20)11-5-3-4-6-13(11)17/h2-6,12,16H,1,7-10H2,(H,19,20). The van der Waals surface area contributed by atoms with Gasteiger partial charge in [-0.3, -0.25) is 9.59 Å². The van der Waals surface area contributed by atoms with Crippen LogP contribution in [0.4, 0.5) is 5.69 Å². The molecule has 2 rings (SSSR count). The minimum Gasteiger partial charge on any atom is -0.481 e. The number of hydrogen-bond acceptors (Lipinski definition) is 3. The van der Waals surface area contributed by atoms with E-state index in [9.17, 15) is 14.7 Å². The molecule has 0 saturated heterocycles. The maximum atomic E-state index is 12.2. The number of rotatable bonds is 5. The van der Waals surface area contributed by atoms with Gasteiger partial charge in [-0.05, 0) is 18.1 Å².